The van der Waals surface area contributed by atoms with E-state index in [1.807, 2.05) is 30.3 Å². The van der Waals surface area contributed by atoms with Crippen molar-refractivity contribution in [1.82, 2.24) is 19.7 Å². The summed E-state index contributed by atoms with van der Waals surface area (Å²) in [6.45, 7) is 0. The van der Waals surface area contributed by atoms with Crippen LogP contribution in [0.3, 0.4) is 0 Å². The van der Waals surface area contributed by atoms with Gasteiger partial charge in [0, 0.05) is 6.07 Å². The molecule has 0 aliphatic rings. The maximum Gasteiger partial charge on any atom is 0.450 e. The second kappa shape index (κ2) is 5.23. The second-order valence-corrected chi connectivity index (χ2v) is 5.26. The third kappa shape index (κ3) is 2.34. The molecule has 0 radical (unpaired) electrons. The van der Waals surface area contributed by atoms with E-state index in [1.54, 1.807) is 30.3 Å². The van der Waals surface area contributed by atoms with Crippen molar-refractivity contribution >= 4 is 11.0 Å². The van der Waals surface area contributed by atoms with Gasteiger partial charge in [-0.3, -0.25) is 9.67 Å². The van der Waals surface area contributed by atoms with Crippen LogP contribution in [-0.4, -0.2) is 19.7 Å². The van der Waals surface area contributed by atoms with Gasteiger partial charge in [0.1, 0.15) is 0 Å². The molecular formula is C17H11F3N4. The molecule has 4 aromatic rings. The SMILES string of the molecule is FC(F)(F)c1nc2ccccc2n1-c1cc(-c2ccccc2)[nH]n1. The summed E-state index contributed by atoms with van der Waals surface area (Å²) in [6.07, 6.45) is -4.58. The Morgan fingerprint density at radius 1 is 0.917 bits per heavy atom. The molecule has 1 N–H and O–H groups in total. The lowest BCUT2D eigenvalue weighted by Crippen LogP contribution is -2.14. The molecule has 7 heteroatoms. The van der Waals surface area contributed by atoms with E-state index in [4.69, 9.17) is 0 Å². The molecule has 4 rings (SSSR count). The predicted octanol–water partition coefficient (Wildman–Crippen LogP) is 4.43. The first kappa shape index (κ1) is 14.5. The minimum absolute atomic E-state index is 0.148. The number of halogens is 3. The van der Waals surface area contributed by atoms with Crippen LogP contribution in [0.2, 0.25) is 0 Å². The molecule has 0 atom stereocenters. The van der Waals surface area contributed by atoms with E-state index >= 15 is 0 Å². The Morgan fingerprint density at radius 2 is 1.62 bits per heavy atom. The molecule has 0 fully saturated rings. The molecule has 24 heavy (non-hydrogen) atoms. The van der Waals surface area contributed by atoms with E-state index in [1.165, 1.54) is 0 Å². The Kier molecular flexibility index (Phi) is 3.16. The molecule has 2 heterocycles. The normalized spacial score (nSPS) is 12.0. The van der Waals surface area contributed by atoms with E-state index in [0.717, 1.165) is 10.1 Å². The zero-order chi connectivity index (χ0) is 16.7. The van der Waals surface area contributed by atoms with Gasteiger partial charge in [-0.05, 0) is 17.7 Å². The standard InChI is InChI=1S/C17H11F3N4/c18-17(19,20)16-21-12-8-4-5-9-14(12)24(16)15-10-13(22-23-15)11-6-2-1-3-7-11/h1-10H,(H,22,23). The molecule has 0 aliphatic heterocycles. The summed E-state index contributed by atoms with van der Waals surface area (Å²) in [7, 11) is 0. The number of imidazole rings is 1. The molecule has 2 aromatic heterocycles. The first-order chi connectivity index (χ1) is 11.5. The number of hydrogen-bond donors (Lipinski definition) is 1. The number of nitrogens with one attached hydrogen (secondary N) is 1. The van der Waals surface area contributed by atoms with Crippen LogP contribution < -0.4 is 0 Å². The number of aromatic amines is 1. The lowest BCUT2D eigenvalue weighted by atomic mass is 10.1. The van der Waals surface area contributed by atoms with Gasteiger partial charge in [-0.25, -0.2) is 4.98 Å². The quantitative estimate of drug-likeness (QED) is 0.591. The van der Waals surface area contributed by atoms with E-state index in [9.17, 15) is 13.2 Å². The van der Waals surface area contributed by atoms with E-state index in [-0.39, 0.29) is 11.3 Å². The molecule has 120 valence electrons. The Balaban J connectivity index is 1.92. The van der Waals surface area contributed by atoms with Crippen molar-refractivity contribution in [3.63, 3.8) is 0 Å². The predicted molar refractivity (Wildman–Crippen MR) is 83.7 cm³/mol. The first-order valence-corrected chi connectivity index (χ1v) is 7.20. The number of para-hydroxylation sites is 2. The van der Waals surface area contributed by atoms with Gasteiger partial charge in [0.15, 0.2) is 5.82 Å². The van der Waals surface area contributed by atoms with Gasteiger partial charge in [-0.2, -0.15) is 18.3 Å². The van der Waals surface area contributed by atoms with Gasteiger partial charge in [-0.15, -0.1) is 0 Å². The zero-order valence-corrected chi connectivity index (χ0v) is 12.2. The van der Waals surface area contributed by atoms with Crippen LogP contribution in [0.25, 0.3) is 28.1 Å². The monoisotopic (exact) mass is 328 g/mol. The fraction of sp³-hybridized carbons (Fsp3) is 0.0588. The molecule has 0 saturated heterocycles. The summed E-state index contributed by atoms with van der Waals surface area (Å²) >= 11 is 0. The Labute approximate surface area is 134 Å². The number of benzene rings is 2. The Hall–Kier alpha value is -3.09. The fourth-order valence-corrected chi connectivity index (χ4v) is 2.64. The average Bonchev–Trinajstić information content (AvgIpc) is 3.19. The van der Waals surface area contributed by atoms with Crippen LogP contribution in [0.1, 0.15) is 5.82 Å². The first-order valence-electron chi connectivity index (χ1n) is 7.20. The van der Waals surface area contributed by atoms with Gasteiger partial charge in [0.25, 0.3) is 0 Å². The van der Waals surface area contributed by atoms with Crippen molar-refractivity contribution in [3.05, 3.63) is 66.5 Å². The van der Waals surface area contributed by atoms with E-state index in [0.29, 0.717) is 11.2 Å². The van der Waals surface area contributed by atoms with Crippen LogP contribution in [0, 0.1) is 0 Å². The number of hydrogen-bond acceptors (Lipinski definition) is 2. The second-order valence-electron chi connectivity index (χ2n) is 5.26. The molecule has 2 aromatic carbocycles. The van der Waals surface area contributed by atoms with Crippen LogP contribution in [0.15, 0.2) is 60.7 Å². The number of nitrogens with zero attached hydrogens (tertiary/aromatic N) is 3. The highest BCUT2D eigenvalue weighted by atomic mass is 19.4. The summed E-state index contributed by atoms with van der Waals surface area (Å²) in [6, 6.07) is 17.3. The van der Waals surface area contributed by atoms with Crippen molar-refractivity contribution in [2.24, 2.45) is 0 Å². The number of H-pyrrole nitrogens is 1. The molecule has 4 nitrogen and oxygen atoms in total. The number of aromatic nitrogens is 4. The molecule has 0 amide bonds. The Morgan fingerprint density at radius 3 is 2.38 bits per heavy atom. The Bertz CT molecular complexity index is 1000. The summed E-state index contributed by atoms with van der Waals surface area (Å²) in [5.74, 6) is -0.843. The molecule has 0 unspecified atom stereocenters. The van der Waals surface area contributed by atoms with Crippen molar-refractivity contribution in [1.29, 1.82) is 0 Å². The largest absolute Gasteiger partial charge is 0.450 e. The molecule has 0 aliphatic carbocycles. The van der Waals surface area contributed by atoms with E-state index in [2.05, 4.69) is 15.2 Å². The summed E-state index contributed by atoms with van der Waals surface area (Å²) in [5.41, 5.74) is 2.11. The third-order valence-electron chi connectivity index (χ3n) is 3.69. The van der Waals surface area contributed by atoms with Gasteiger partial charge in [0.2, 0.25) is 5.82 Å². The summed E-state index contributed by atoms with van der Waals surface area (Å²) < 4.78 is 41.2. The van der Waals surface area contributed by atoms with Gasteiger partial charge in [0.05, 0.1) is 16.7 Å². The van der Waals surface area contributed by atoms with Gasteiger partial charge < -0.3 is 0 Å². The maximum absolute atomic E-state index is 13.4. The average molecular weight is 328 g/mol. The van der Waals surface area contributed by atoms with Crippen LogP contribution in [-0.2, 0) is 6.18 Å². The van der Waals surface area contributed by atoms with Crippen LogP contribution >= 0.6 is 0 Å². The lowest BCUT2D eigenvalue weighted by molar-refractivity contribution is -0.145. The molecular weight excluding hydrogens is 317 g/mol. The minimum atomic E-state index is -4.58. The number of alkyl halides is 3. The molecule has 0 bridgehead atoms. The lowest BCUT2D eigenvalue weighted by Gasteiger charge is -2.08. The fourth-order valence-electron chi connectivity index (χ4n) is 2.64. The number of fused-ring (bicyclic) bond motifs is 1. The van der Waals surface area contributed by atoms with Crippen molar-refractivity contribution in [2.75, 3.05) is 0 Å². The van der Waals surface area contributed by atoms with Crippen LogP contribution in [0.4, 0.5) is 13.2 Å². The van der Waals surface area contributed by atoms with Gasteiger partial charge >= 0.3 is 6.18 Å². The van der Waals surface area contributed by atoms with Crippen molar-refractivity contribution in [3.8, 4) is 17.1 Å². The third-order valence-corrected chi connectivity index (χ3v) is 3.69. The van der Waals surface area contributed by atoms with E-state index < -0.39 is 12.0 Å². The summed E-state index contributed by atoms with van der Waals surface area (Å²) in [4.78, 5) is 3.73. The molecule has 0 spiro atoms. The van der Waals surface area contributed by atoms with Crippen molar-refractivity contribution < 1.29 is 13.2 Å². The number of rotatable bonds is 2. The topological polar surface area (TPSA) is 46.5 Å². The van der Waals surface area contributed by atoms with Crippen LogP contribution in [0.5, 0.6) is 0 Å². The highest BCUT2D eigenvalue weighted by Gasteiger charge is 2.38. The molecule has 0 saturated carbocycles. The smallest absolute Gasteiger partial charge is 0.276 e. The maximum atomic E-state index is 13.4. The minimum Gasteiger partial charge on any atom is -0.276 e. The highest BCUT2D eigenvalue weighted by Crippen LogP contribution is 2.33. The highest BCUT2D eigenvalue weighted by molar-refractivity contribution is 5.78. The van der Waals surface area contributed by atoms with Crippen molar-refractivity contribution in [2.45, 2.75) is 6.18 Å². The zero-order valence-electron chi connectivity index (χ0n) is 12.2. The summed E-state index contributed by atoms with van der Waals surface area (Å²) in [5, 5.41) is 6.85. The van der Waals surface area contributed by atoms with Gasteiger partial charge in [-0.1, -0.05) is 42.5 Å².